The Labute approximate surface area is 154 Å². The second-order valence-electron chi connectivity index (χ2n) is 6.41. The molecule has 0 unspecified atom stereocenters. The van der Waals surface area contributed by atoms with Crippen LogP contribution in [0.25, 0.3) is 11.1 Å². The van der Waals surface area contributed by atoms with Crippen LogP contribution in [0.5, 0.6) is 11.5 Å². The predicted octanol–water partition coefficient (Wildman–Crippen LogP) is 3.53. The lowest BCUT2D eigenvalue weighted by Crippen LogP contribution is -2.32. The fraction of sp³-hybridized carbons (Fsp3) is 0.381. The molecule has 2 aromatic rings. The van der Waals surface area contributed by atoms with E-state index >= 15 is 0 Å². The molecule has 2 aromatic carbocycles. The van der Waals surface area contributed by atoms with Gasteiger partial charge in [-0.15, -0.1) is 0 Å². The van der Waals surface area contributed by atoms with Gasteiger partial charge < -0.3 is 19.5 Å². The van der Waals surface area contributed by atoms with Crippen LogP contribution in [0.1, 0.15) is 23.2 Å². The minimum atomic E-state index is -0.0373. The molecule has 5 heteroatoms. The highest BCUT2D eigenvalue weighted by Gasteiger charge is 2.15. The number of hydrogen-bond donors (Lipinski definition) is 1. The summed E-state index contributed by atoms with van der Waals surface area (Å²) >= 11 is 0. The summed E-state index contributed by atoms with van der Waals surface area (Å²) in [5.41, 5.74) is 2.61. The third-order valence-corrected chi connectivity index (χ3v) is 4.76. The number of benzene rings is 2. The van der Waals surface area contributed by atoms with Crippen molar-refractivity contribution in [3.8, 4) is 22.6 Å². The second-order valence-corrected chi connectivity index (χ2v) is 6.41. The van der Waals surface area contributed by atoms with Crippen LogP contribution in [-0.2, 0) is 4.74 Å². The molecule has 0 spiro atoms. The van der Waals surface area contributed by atoms with E-state index in [9.17, 15) is 4.79 Å². The van der Waals surface area contributed by atoms with Crippen molar-refractivity contribution < 1.29 is 19.0 Å². The fourth-order valence-electron chi connectivity index (χ4n) is 3.13. The van der Waals surface area contributed by atoms with E-state index in [2.05, 4.69) is 5.32 Å². The van der Waals surface area contributed by atoms with Gasteiger partial charge in [-0.3, -0.25) is 4.79 Å². The first-order valence-electron chi connectivity index (χ1n) is 8.89. The molecule has 1 N–H and O–H groups in total. The number of amides is 1. The van der Waals surface area contributed by atoms with Crippen molar-refractivity contribution in [2.75, 3.05) is 34.0 Å². The highest BCUT2D eigenvalue weighted by atomic mass is 16.5. The fourth-order valence-corrected chi connectivity index (χ4v) is 3.13. The Kier molecular flexibility index (Phi) is 6.12. The first kappa shape index (κ1) is 18.3. The minimum absolute atomic E-state index is 0.0373. The number of carbonyl (C=O) groups is 1. The summed E-state index contributed by atoms with van der Waals surface area (Å²) in [6.07, 6.45) is 2.02. The average molecular weight is 355 g/mol. The Morgan fingerprint density at radius 1 is 1.08 bits per heavy atom. The summed E-state index contributed by atoms with van der Waals surface area (Å²) in [5.74, 6) is 1.95. The molecule has 5 nitrogen and oxygen atoms in total. The van der Waals surface area contributed by atoms with E-state index in [0.717, 1.165) is 48.7 Å². The molecule has 1 fully saturated rings. The average Bonchev–Trinajstić information content (AvgIpc) is 2.72. The van der Waals surface area contributed by atoms with Crippen LogP contribution in [-0.4, -0.2) is 39.9 Å². The number of ether oxygens (including phenoxy) is 3. The van der Waals surface area contributed by atoms with Crippen molar-refractivity contribution in [2.24, 2.45) is 5.92 Å². The molecule has 1 saturated heterocycles. The summed E-state index contributed by atoms with van der Waals surface area (Å²) < 4.78 is 16.0. The van der Waals surface area contributed by atoms with Gasteiger partial charge in [0.15, 0.2) is 0 Å². The monoisotopic (exact) mass is 355 g/mol. The van der Waals surface area contributed by atoms with E-state index in [1.807, 2.05) is 42.5 Å². The molecule has 0 aliphatic carbocycles. The van der Waals surface area contributed by atoms with Crippen LogP contribution in [0.15, 0.2) is 42.5 Å². The van der Waals surface area contributed by atoms with Gasteiger partial charge >= 0.3 is 0 Å². The van der Waals surface area contributed by atoms with Gasteiger partial charge in [0.25, 0.3) is 5.91 Å². The summed E-state index contributed by atoms with van der Waals surface area (Å²) in [7, 11) is 3.26. The van der Waals surface area contributed by atoms with Crippen molar-refractivity contribution in [1.82, 2.24) is 5.32 Å². The summed E-state index contributed by atoms with van der Waals surface area (Å²) in [4.78, 5) is 12.4. The molecule has 1 aliphatic rings. The van der Waals surface area contributed by atoms with Gasteiger partial charge in [-0.1, -0.05) is 12.1 Å². The Morgan fingerprint density at radius 2 is 1.81 bits per heavy atom. The van der Waals surface area contributed by atoms with Gasteiger partial charge in [-0.05, 0) is 48.6 Å². The SMILES string of the molecule is COc1ccc(-c2ccc(C(=O)NCC3CCOCC3)cc2)c(OC)c1. The first-order valence-corrected chi connectivity index (χ1v) is 8.89. The van der Waals surface area contributed by atoms with Crippen molar-refractivity contribution in [3.05, 3.63) is 48.0 Å². The predicted molar refractivity (Wildman–Crippen MR) is 101 cm³/mol. The van der Waals surface area contributed by atoms with Gasteiger partial charge in [0, 0.05) is 37.0 Å². The molecule has 138 valence electrons. The van der Waals surface area contributed by atoms with Gasteiger partial charge in [0.1, 0.15) is 11.5 Å². The van der Waals surface area contributed by atoms with E-state index < -0.39 is 0 Å². The van der Waals surface area contributed by atoms with Gasteiger partial charge in [-0.25, -0.2) is 0 Å². The highest BCUT2D eigenvalue weighted by Crippen LogP contribution is 2.33. The topological polar surface area (TPSA) is 56.8 Å². The number of carbonyl (C=O) groups excluding carboxylic acids is 1. The normalized spacial score (nSPS) is 14.7. The molecule has 0 atom stereocenters. The van der Waals surface area contributed by atoms with Crippen molar-refractivity contribution in [1.29, 1.82) is 0 Å². The van der Waals surface area contributed by atoms with E-state index in [4.69, 9.17) is 14.2 Å². The lowest BCUT2D eigenvalue weighted by molar-refractivity contribution is 0.0642. The maximum Gasteiger partial charge on any atom is 0.251 e. The van der Waals surface area contributed by atoms with E-state index in [0.29, 0.717) is 18.0 Å². The van der Waals surface area contributed by atoms with Gasteiger partial charge in [0.05, 0.1) is 14.2 Å². The third kappa shape index (κ3) is 4.35. The van der Waals surface area contributed by atoms with Gasteiger partial charge in [0.2, 0.25) is 0 Å². The van der Waals surface area contributed by atoms with Crippen LogP contribution in [0.2, 0.25) is 0 Å². The quantitative estimate of drug-likeness (QED) is 0.861. The molecule has 1 amide bonds. The van der Waals surface area contributed by atoms with Crippen LogP contribution < -0.4 is 14.8 Å². The lowest BCUT2D eigenvalue weighted by Gasteiger charge is -2.22. The maximum atomic E-state index is 12.4. The van der Waals surface area contributed by atoms with Crippen molar-refractivity contribution in [2.45, 2.75) is 12.8 Å². The smallest absolute Gasteiger partial charge is 0.251 e. The number of rotatable bonds is 6. The summed E-state index contributed by atoms with van der Waals surface area (Å²) in [6, 6.07) is 13.3. The molecule has 3 rings (SSSR count). The molecule has 26 heavy (non-hydrogen) atoms. The third-order valence-electron chi connectivity index (χ3n) is 4.76. The molecule has 0 saturated carbocycles. The Hall–Kier alpha value is -2.53. The largest absolute Gasteiger partial charge is 0.497 e. The molecule has 1 heterocycles. The number of hydrogen-bond acceptors (Lipinski definition) is 4. The molecule has 1 aliphatic heterocycles. The van der Waals surface area contributed by atoms with Crippen molar-refractivity contribution in [3.63, 3.8) is 0 Å². The second kappa shape index (κ2) is 8.72. The Balaban J connectivity index is 1.67. The zero-order valence-corrected chi connectivity index (χ0v) is 15.3. The van der Waals surface area contributed by atoms with Crippen LogP contribution >= 0.6 is 0 Å². The Bertz CT molecular complexity index is 736. The van der Waals surface area contributed by atoms with Gasteiger partial charge in [-0.2, -0.15) is 0 Å². The Morgan fingerprint density at radius 3 is 2.46 bits per heavy atom. The van der Waals surface area contributed by atoms with Crippen LogP contribution in [0.3, 0.4) is 0 Å². The van der Waals surface area contributed by atoms with Crippen molar-refractivity contribution >= 4 is 5.91 Å². The standard InChI is InChI=1S/C21H25NO4/c1-24-18-7-8-19(20(13-18)25-2)16-3-5-17(6-4-16)21(23)22-14-15-9-11-26-12-10-15/h3-8,13,15H,9-12,14H2,1-2H3,(H,22,23). The molecular weight excluding hydrogens is 330 g/mol. The number of nitrogens with one attached hydrogen (secondary N) is 1. The summed E-state index contributed by atoms with van der Waals surface area (Å²) in [5, 5.41) is 3.03. The van der Waals surface area contributed by atoms with E-state index in [1.165, 1.54) is 0 Å². The zero-order chi connectivity index (χ0) is 18.4. The molecule has 0 bridgehead atoms. The minimum Gasteiger partial charge on any atom is -0.497 e. The highest BCUT2D eigenvalue weighted by molar-refractivity contribution is 5.94. The first-order chi connectivity index (χ1) is 12.7. The van der Waals surface area contributed by atoms with E-state index in [1.54, 1.807) is 14.2 Å². The van der Waals surface area contributed by atoms with Crippen LogP contribution in [0.4, 0.5) is 0 Å². The zero-order valence-electron chi connectivity index (χ0n) is 15.3. The molecule has 0 radical (unpaired) electrons. The lowest BCUT2D eigenvalue weighted by atomic mass is 10.00. The number of methoxy groups -OCH3 is 2. The maximum absolute atomic E-state index is 12.4. The van der Waals surface area contributed by atoms with E-state index in [-0.39, 0.29) is 5.91 Å². The molecule has 0 aromatic heterocycles. The summed E-state index contributed by atoms with van der Waals surface area (Å²) in [6.45, 7) is 2.29. The van der Waals surface area contributed by atoms with Crippen LogP contribution in [0, 0.1) is 5.92 Å². The molecular formula is C21H25NO4.